The second-order valence-corrected chi connectivity index (χ2v) is 4.91. The van der Waals surface area contributed by atoms with Crippen LogP contribution in [0.2, 0.25) is 0 Å². The van der Waals surface area contributed by atoms with Gasteiger partial charge in [-0.25, -0.2) is 8.78 Å². The average Bonchev–Trinajstić information content (AvgIpc) is 2.44. The minimum atomic E-state index is -1.29. The van der Waals surface area contributed by atoms with Crippen molar-refractivity contribution < 1.29 is 13.6 Å². The molecule has 0 aliphatic heterocycles. The van der Waals surface area contributed by atoms with Gasteiger partial charge in [0.15, 0.2) is 5.78 Å². The molecule has 0 N–H and O–H groups in total. The predicted octanol–water partition coefficient (Wildman–Crippen LogP) is 4.07. The quantitative estimate of drug-likeness (QED) is 0.797. The summed E-state index contributed by atoms with van der Waals surface area (Å²) in [6, 6.07) is 9.97. The molecule has 0 spiro atoms. The lowest BCUT2D eigenvalue weighted by atomic mass is 9.89. The first-order chi connectivity index (χ1) is 9.93. The lowest BCUT2D eigenvalue weighted by molar-refractivity contribution is 0.0976. The first-order valence-corrected chi connectivity index (χ1v) is 6.40. The first kappa shape index (κ1) is 14.9. The number of ketones is 1. The van der Waals surface area contributed by atoms with Crippen LogP contribution in [0.5, 0.6) is 0 Å². The highest BCUT2D eigenvalue weighted by Gasteiger charge is 2.26. The zero-order chi connectivity index (χ0) is 15.6. The van der Waals surface area contributed by atoms with Crippen LogP contribution in [-0.2, 0) is 0 Å². The van der Waals surface area contributed by atoms with Crippen LogP contribution < -0.4 is 0 Å². The number of nitriles is 1. The highest BCUT2D eigenvalue weighted by atomic mass is 19.1. The molecule has 0 amide bonds. The van der Waals surface area contributed by atoms with Crippen molar-refractivity contribution in [2.75, 3.05) is 0 Å². The van der Waals surface area contributed by atoms with Crippen molar-refractivity contribution in [3.05, 3.63) is 70.3 Å². The summed E-state index contributed by atoms with van der Waals surface area (Å²) in [5.74, 6) is -3.40. The number of carbonyl (C=O) groups is 1. The number of halogens is 2. The molecule has 4 heteroatoms. The maximum atomic E-state index is 13.8. The van der Waals surface area contributed by atoms with Crippen molar-refractivity contribution in [2.24, 2.45) is 0 Å². The minimum absolute atomic E-state index is 0.107. The third-order valence-electron chi connectivity index (χ3n) is 3.32. The first-order valence-electron chi connectivity index (χ1n) is 6.40. The van der Waals surface area contributed by atoms with E-state index < -0.39 is 23.3 Å². The molecule has 106 valence electrons. The van der Waals surface area contributed by atoms with E-state index in [2.05, 4.69) is 0 Å². The van der Waals surface area contributed by atoms with Gasteiger partial charge in [-0.3, -0.25) is 4.79 Å². The van der Waals surface area contributed by atoms with E-state index in [4.69, 9.17) is 0 Å². The number of aryl methyl sites for hydroxylation is 2. The summed E-state index contributed by atoms with van der Waals surface area (Å²) in [5, 5.41) is 9.23. The summed E-state index contributed by atoms with van der Waals surface area (Å²) < 4.78 is 26.7. The highest BCUT2D eigenvalue weighted by Crippen LogP contribution is 2.25. The van der Waals surface area contributed by atoms with Crippen molar-refractivity contribution in [1.29, 1.82) is 5.26 Å². The Hall–Kier alpha value is -2.54. The summed E-state index contributed by atoms with van der Waals surface area (Å²) in [5.41, 5.74) is 1.86. The second kappa shape index (κ2) is 5.84. The van der Waals surface area contributed by atoms with Crippen molar-refractivity contribution in [2.45, 2.75) is 19.8 Å². The van der Waals surface area contributed by atoms with Gasteiger partial charge in [0.1, 0.15) is 17.6 Å². The summed E-state index contributed by atoms with van der Waals surface area (Å²) in [7, 11) is 0. The van der Waals surface area contributed by atoms with Gasteiger partial charge in [-0.1, -0.05) is 23.8 Å². The van der Waals surface area contributed by atoms with Gasteiger partial charge in [-0.15, -0.1) is 0 Å². The second-order valence-electron chi connectivity index (χ2n) is 4.91. The molecule has 0 heterocycles. The molecule has 0 radical (unpaired) electrons. The molecule has 0 aliphatic rings. The summed E-state index contributed by atoms with van der Waals surface area (Å²) in [6.45, 7) is 3.58. The molecule has 21 heavy (non-hydrogen) atoms. The van der Waals surface area contributed by atoms with E-state index in [9.17, 15) is 18.8 Å². The number of benzene rings is 2. The average molecular weight is 285 g/mol. The molecule has 0 aromatic heterocycles. The molecule has 2 rings (SSSR count). The van der Waals surface area contributed by atoms with Crippen molar-refractivity contribution in [3.8, 4) is 6.07 Å². The fourth-order valence-electron chi connectivity index (χ4n) is 2.16. The third-order valence-corrected chi connectivity index (χ3v) is 3.32. The molecular weight excluding hydrogens is 272 g/mol. The normalized spacial score (nSPS) is 11.8. The van der Waals surface area contributed by atoms with Crippen LogP contribution >= 0.6 is 0 Å². The zero-order valence-electron chi connectivity index (χ0n) is 11.7. The van der Waals surface area contributed by atoms with Crippen LogP contribution in [0.1, 0.15) is 33.0 Å². The van der Waals surface area contributed by atoms with Gasteiger partial charge in [0.05, 0.1) is 6.07 Å². The van der Waals surface area contributed by atoms with E-state index in [-0.39, 0.29) is 5.56 Å². The lowest BCUT2D eigenvalue weighted by Gasteiger charge is -2.12. The summed E-state index contributed by atoms with van der Waals surface area (Å²) in [6.07, 6.45) is 0. The molecule has 2 aromatic rings. The maximum absolute atomic E-state index is 13.8. The van der Waals surface area contributed by atoms with Gasteiger partial charge >= 0.3 is 0 Å². The van der Waals surface area contributed by atoms with Crippen LogP contribution in [0.15, 0.2) is 36.4 Å². The van der Waals surface area contributed by atoms with E-state index in [1.807, 2.05) is 19.1 Å². The highest BCUT2D eigenvalue weighted by molar-refractivity contribution is 6.04. The van der Waals surface area contributed by atoms with Gasteiger partial charge < -0.3 is 0 Å². The number of carbonyl (C=O) groups excluding carboxylic acids is 1. The summed E-state index contributed by atoms with van der Waals surface area (Å²) >= 11 is 0. The van der Waals surface area contributed by atoms with E-state index in [1.54, 1.807) is 19.1 Å². The Labute approximate surface area is 121 Å². The van der Waals surface area contributed by atoms with Gasteiger partial charge in [-0.2, -0.15) is 5.26 Å². The molecule has 2 aromatic carbocycles. The molecule has 0 saturated heterocycles. The van der Waals surface area contributed by atoms with E-state index in [0.29, 0.717) is 17.2 Å². The standard InChI is InChI=1S/C17H13F2NO/c1-10-3-4-11(2)14(7-10)17(21)15(9-20)13-6-5-12(18)8-16(13)19/h3-8,15H,1-2H3. The van der Waals surface area contributed by atoms with Crippen molar-refractivity contribution in [1.82, 2.24) is 0 Å². The van der Waals surface area contributed by atoms with Crippen LogP contribution in [0.4, 0.5) is 8.78 Å². The van der Waals surface area contributed by atoms with E-state index in [0.717, 1.165) is 17.7 Å². The maximum Gasteiger partial charge on any atom is 0.184 e. The number of hydrogen-bond donors (Lipinski definition) is 0. The Morgan fingerprint density at radius 3 is 2.48 bits per heavy atom. The number of hydrogen-bond acceptors (Lipinski definition) is 2. The Bertz CT molecular complexity index is 747. The predicted molar refractivity (Wildman–Crippen MR) is 75.0 cm³/mol. The largest absolute Gasteiger partial charge is 0.292 e. The molecule has 0 fully saturated rings. The fraction of sp³-hybridized carbons (Fsp3) is 0.176. The number of Topliss-reactive ketones (excluding diaryl/α,β-unsaturated/α-hetero) is 1. The molecule has 0 saturated carbocycles. The Morgan fingerprint density at radius 1 is 1.14 bits per heavy atom. The SMILES string of the molecule is Cc1ccc(C)c(C(=O)C(C#N)c2ccc(F)cc2F)c1. The van der Waals surface area contributed by atoms with E-state index >= 15 is 0 Å². The zero-order valence-corrected chi connectivity index (χ0v) is 11.7. The lowest BCUT2D eigenvalue weighted by Crippen LogP contribution is -2.14. The van der Waals surface area contributed by atoms with Crippen LogP contribution in [0.25, 0.3) is 0 Å². The molecule has 2 nitrogen and oxygen atoms in total. The van der Waals surface area contributed by atoms with Crippen molar-refractivity contribution in [3.63, 3.8) is 0 Å². The monoisotopic (exact) mass is 285 g/mol. The van der Waals surface area contributed by atoms with E-state index in [1.165, 1.54) is 0 Å². The molecule has 1 unspecified atom stereocenters. The Balaban J connectivity index is 2.49. The fourth-order valence-corrected chi connectivity index (χ4v) is 2.16. The van der Waals surface area contributed by atoms with Crippen LogP contribution in [0.3, 0.4) is 0 Å². The molecule has 0 bridgehead atoms. The van der Waals surface area contributed by atoms with Crippen molar-refractivity contribution >= 4 is 5.78 Å². The van der Waals surface area contributed by atoms with Gasteiger partial charge in [-0.05, 0) is 31.5 Å². The van der Waals surface area contributed by atoms with Gasteiger partial charge in [0.25, 0.3) is 0 Å². The number of rotatable bonds is 3. The summed E-state index contributed by atoms with van der Waals surface area (Å²) in [4.78, 5) is 12.5. The smallest absolute Gasteiger partial charge is 0.184 e. The molecular formula is C17H13F2NO. The topological polar surface area (TPSA) is 40.9 Å². The molecule has 0 aliphatic carbocycles. The minimum Gasteiger partial charge on any atom is -0.292 e. The van der Waals surface area contributed by atoms with Crippen LogP contribution in [0, 0.1) is 36.8 Å². The van der Waals surface area contributed by atoms with Crippen LogP contribution in [-0.4, -0.2) is 5.78 Å². The Kier molecular flexibility index (Phi) is 4.13. The molecule has 1 atom stereocenters. The Morgan fingerprint density at radius 2 is 1.86 bits per heavy atom. The number of nitrogens with zero attached hydrogens (tertiary/aromatic N) is 1. The third kappa shape index (κ3) is 2.97. The van der Waals surface area contributed by atoms with Gasteiger partial charge in [0, 0.05) is 17.2 Å². The van der Waals surface area contributed by atoms with Gasteiger partial charge in [0.2, 0.25) is 0 Å².